The summed E-state index contributed by atoms with van der Waals surface area (Å²) in [5, 5.41) is 21.0. The zero-order valence-electron chi connectivity index (χ0n) is 18.9. The van der Waals surface area contributed by atoms with Gasteiger partial charge < -0.3 is 15.7 Å². The van der Waals surface area contributed by atoms with Crippen LogP contribution in [0.5, 0.6) is 5.75 Å². The minimum Gasteiger partial charge on any atom is -0.507 e. The van der Waals surface area contributed by atoms with E-state index in [-0.39, 0.29) is 29.6 Å². The maximum atomic E-state index is 12.9. The van der Waals surface area contributed by atoms with Gasteiger partial charge in [-0.2, -0.15) is 9.78 Å². The number of nitrogens with one attached hydrogen (secondary N) is 2. The van der Waals surface area contributed by atoms with Crippen molar-refractivity contribution in [3.05, 3.63) is 60.0 Å². The lowest BCUT2D eigenvalue weighted by atomic mass is 10.0. The van der Waals surface area contributed by atoms with Crippen LogP contribution in [0.3, 0.4) is 0 Å². The largest absolute Gasteiger partial charge is 0.507 e. The summed E-state index contributed by atoms with van der Waals surface area (Å²) in [5.41, 5.74) is 2.84. The fourth-order valence-electron chi connectivity index (χ4n) is 4.11. The molecule has 1 aliphatic rings. The van der Waals surface area contributed by atoms with Gasteiger partial charge in [0.05, 0.1) is 11.4 Å². The second-order valence-corrected chi connectivity index (χ2v) is 8.53. The summed E-state index contributed by atoms with van der Waals surface area (Å²) in [6.07, 6.45) is 8.23. The number of carbonyl (C=O) groups excluding carboxylic acids is 2. The summed E-state index contributed by atoms with van der Waals surface area (Å²) in [5.74, 6) is -0.0402. The zero-order valence-corrected chi connectivity index (χ0v) is 18.9. The summed E-state index contributed by atoms with van der Waals surface area (Å²) in [7, 11) is 0. The third kappa shape index (κ3) is 5.05. The topological polar surface area (TPSA) is 109 Å². The van der Waals surface area contributed by atoms with Crippen LogP contribution in [-0.2, 0) is 0 Å². The number of amides is 2. The van der Waals surface area contributed by atoms with Crippen LogP contribution in [0, 0.1) is 0 Å². The van der Waals surface area contributed by atoms with E-state index in [0.29, 0.717) is 22.5 Å². The summed E-state index contributed by atoms with van der Waals surface area (Å²) in [4.78, 5) is 29.2. The molecule has 0 radical (unpaired) electrons. The van der Waals surface area contributed by atoms with Crippen LogP contribution in [0.2, 0.25) is 0 Å². The minimum atomic E-state index is -0.293. The molecule has 172 valence electrons. The maximum absolute atomic E-state index is 12.9. The molecule has 0 aliphatic heterocycles. The number of hydrogen-bond donors (Lipinski definition) is 3. The van der Waals surface area contributed by atoms with Crippen LogP contribution in [0.15, 0.2) is 48.8 Å². The molecule has 1 unspecified atom stereocenters. The monoisotopic (exact) mass is 447 g/mol. The van der Waals surface area contributed by atoms with Crippen molar-refractivity contribution in [3.8, 4) is 17.0 Å². The van der Waals surface area contributed by atoms with Gasteiger partial charge in [-0.1, -0.05) is 19.8 Å². The van der Waals surface area contributed by atoms with E-state index < -0.39 is 0 Å². The van der Waals surface area contributed by atoms with E-state index in [2.05, 4.69) is 20.7 Å². The maximum Gasteiger partial charge on any atom is 0.342 e. The average molecular weight is 448 g/mol. The zero-order chi connectivity index (χ0) is 23.4. The normalized spacial score (nSPS) is 14.7. The average Bonchev–Trinajstić information content (AvgIpc) is 3.50. The Morgan fingerprint density at radius 3 is 2.55 bits per heavy atom. The number of nitrogens with zero attached hydrogens (tertiary/aromatic N) is 3. The molecule has 33 heavy (non-hydrogen) atoms. The Kier molecular flexibility index (Phi) is 6.72. The van der Waals surface area contributed by atoms with Crippen LogP contribution in [0.4, 0.5) is 10.5 Å². The Morgan fingerprint density at radius 2 is 1.88 bits per heavy atom. The van der Waals surface area contributed by atoms with Crippen LogP contribution >= 0.6 is 0 Å². The number of anilines is 1. The van der Waals surface area contributed by atoms with E-state index in [4.69, 9.17) is 0 Å². The first kappa shape index (κ1) is 22.5. The molecule has 1 atom stereocenters. The molecule has 0 saturated heterocycles. The smallest absolute Gasteiger partial charge is 0.342 e. The van der Waals surface area contributed by atoms with E-state index in [1.165, 1.54) is 10.7 Å². The van der Waals surface area contributed by atoms with Crippen molar-refractivity contribution in [2.75, 3.05) is 5.32 Å². The molecule has 1 aromatic carbocycles. The van der Waals surface area contributed by atoms with Gasteiger partial charge in [0.1, 0.15) is 5.75 Å². The SMILES string of the molecule is CCC(C)NC(=O)n1nc(-c2ccc(NC(=O)c3ccncc3)cc2O)cc1C1CCCC1. The number of benzene rings is 1. The standard InChI is InChI=1S/C25H29N5O3/c1-3-16(2)27-25(33)30-22(17-6-4-5-7-17)15-21(29-30)20-9-8-19(14-23(20)31)28-24(32)18-10-12-26-13-11-18/h8-17,31H,3-7H2,1-2H3,(H,27,33)(H,28,32). The van der Waals surface area contributed by atoms with Crippen molar-refractivity contribution in [1.82, 2.24) is 20.1 Å². The van der Waals surface area contributed by atoms with Gasteiger partial charge in [-0.15, -0.1) is 0 Å². The number of hydrogen-bond acceptors (Lipinski definition) is 5. The van der Waals surface area contributed by atoms with Crippen molar-refractivity contribution in [2.45, 2.75) is 57.9 Å². The van der Waals surface area contributed by atoms with Crippen molar-refractivity contribution in [3.63, 3.8) is 0 Å². The number of phenols is 1. The van der Waals surface area contributed by atoms with Gasteiger partial charge in [-0.25, -0.2) is 4.79 Å². The molecule has 3 aromatic rings. The molecule has 2 amide bonds. The van der Waals surface area contributed by atoms with E-state index in [9.17, 15) is 14.7 Å². The van der Waals surface area contributed by atoms with Gasteiger partial charge in [0.15, 0.2) is 0 Å². The van der Waals surface area contributed by atoms with E-state index in [0.717, 1.165) is 37.8 Å². The number of phenolic OH excluding ortho intramolecular Hbond substituents is 1. The first-order valence-corrected chi connectivity index (χ1v) is 11.4. The number of carbonyl (C=O) groups is 2. The Hall–Kier alpha value is -3.68. The van der Waals surface area contributed by atoms with Gasteiger partial charge in [0.2, 0.25) is 0 Å². The molecule has 1 fully saturated rings. The Balaban J connectivity index is 1.60. The first-order chi connectivity index (χ1) is 16.0. The fraction of sp³-hybridized carbons (Fsp3) is 0.360. The lowest BCUT2D eigenvalue weighted by molar-refractivity contribution is 0.102. The summed E-state index contributed by atoms with van der Waals surface area (Å²) < 4.78 is 1.45. The molecule has 0 bridgehead atoms. The van der Waals surface area contributed by atoms with E-state index >= 15 is 0 Å². The highest BCUT2D eigenvalue weighted by molar-refractivity contribution is 6.04. The molecule has 8 heteroatoms. The third-order valence-corrected chi connectivity index (χ3v) is 6.16. The van der Waals surface area contributed by atoms with Crippen molar-refractivity contribution in [2.24, 2.45) is 0 Å². The molecule has 8 nitrogen and oxygen atoms in total. The molecular weight excluding hydrogens is 418 g/mol. The number of rotatable bonds is 6. The fourth-order valence-corrected chi connectivity index (χ4v) is 4.11. The van der Waals surface area contributed by atoms with E-state index in [1.54, 1.807) is 36.7 Å². The molecule has 1 aliphatic carbocycles. The number of aromatic hydroxyl groups is 1. The molecule has 0 spiro atoms. The van der Waals surface area contributed by atoms with Gasteiger partial charge in [0.25, 0.3) is 5.91 Å². The number of pyridine rings is 1. The van der Waals surface area contributed by atoms with Gasteiger partial charge in [0, 0.05) is 47.2 Å². The van der Waals surface area contributed by atoms with Gasteiger partial charge in [-0.05, 0) is 56.5 Å². The van der Waals surface area contributed by atoms with Gasteiger partial charge in [-0.3, -0.25) is 9.78 Å². The van der Waals surface area contributed by atoms with Crippen molar-refractivity contribution in [1.29, 1.82) is 0 Å². The summed E-state index contributed by atoms with van der Waals surface area (Å²) in [6, 6.07) is 9.82. The molecule has 3 N–H and O–H groups in total. The second kappa shape index (κ2) is 9.85. The van der Waals surface area contributed by atoms with Crippen LogP contribution in [-0.4, -0.2) is 37.9 Å². The molecule has 2 heterocycles. The second-order valence-electron chi connectivity index (χ2n) is 8.53. The highest BCUT2D eigenvalue weighted by atomic mass is 16.3. The molecule has 1 saturated carbocycles. The first-order valence-electron chi connectivity index (χ1n) is 11.4. The predicted octanol–water partition coefficient (Wildman–Crippen LogP) is 4.92. The van der Waals surface area contributed by atoms with Crippen LogP contribution in [0.1, 0.15) is 67.9 Å². The quantitative estimate of drug-likeness (QED) is 0.497. The predicted molar refractivity (Wildman–Crippen MR) is 126 cm³/mol. The Morgan fingerprint density at radius 1 is 1.15 bits per heavy atom. The highest BCUT2D eigenvalue weighted by Crippen LogP contribution is 2.38. The molecular formula is C25H29N5O3. The van der Waals surface area contributed by atoms with Crippen LogP contribution in [0.25, 0.3) is 11.3 Å². The lowest BCUT2D eigenvalue weighted by Gasteiger charge is -2.15. The van der Waals surface area contributed by atoms with Crippen molar-refractivity contribution < 1.29 is 14.7 Å². The number of aromatic nitrogens is 3. The van der Waals surface area contributed by atoms with Crippen molar-refractivity contribution >= 4 is 17.6 Å². The molecule has 4 rings (SSSR count). The Labute approximate surface area is 193 Å². The Bertz CT molecular complexity index is 1140. The highest BCUT2D eigenvalue weighted by Gasteiger charge is 2.26. The van der Waals surface area contributed by atoms with Crippen LogP contribution < -0.4 is 10.6 Å². The molecule has 2 aromatic heterocycles. The summed E-state index contributed by atoms with van der Waals surface area (Å²) >= 11 is 0. The van der Waals surface area contributed by atoms with E-state index in [1.807, 2.05) is 19.9 Å². The van der Waals surface area contributed by atoms with Gasteiger partial charge >= 0.3 is 6.03 Å². The third-order valence-electron chi connectivity index (χ3n) is 6.16. The lowest BCUT2D eigenvalue weighted by Crippen LogP contribution is -2.37. The minimum absolute atomic E-state index is 0.0208. The summed E-state index contributed by atoms with van der Waals surface area (Å²) in [6.45, 7) is 3.98.